The van der Waals surface area contributed by atoms with Crippen LogP contribution in [0.3, 0.4) is 0 Å². The Bertz CT molecular complexity index is 1240. The van der Waals surface area contributed by atoms with Crippen LogP contribution in [0.2, 0.25) is 0 Å². The SMILES string of the molecule is Cc1ccc(S(=O)(=O)n2ccc3nc(-n4c(C)ccc4C)c(C)cc32)cc1. The monoisotopic (exact) mass is 379 g/mol. The third kappa shape index (κ3) is 2.77. The molecule has 0 aliphatic rings. The first-order valence-electron chi connectivity index (χ1n) is 8.75. The molecule has 0 saturated carbocycles. The third-order valence-electron chi connectivity index (χ3n) is 4.86. The summed E-state index contributed by atoms with van der Waals surface area (Å²) < 4.78 is 29.6. The molecule has 0 unspecified atom stereocenters. The number of pyridine rings is 1. The van der Waals surface area contributed by atoms with Crippen LogP contribution in [-0.2, 0) is 10.0 Å². The Morgan fingerprint density at radius 1 is 0.852 bits per heavy atom. The Labute approximate surface area is 159 Å². The minimum atomic E-state index is -3.67. The molecular formula is C21H21N3O2S. The minimum Gasteiger partial charge on any atom is -0.303 e. The molecule has 0 aliphatic carbocycles. The maximum absolute atomic E-state index is 13.1. The first-order chi connectivity index (χ1) is 12.8. The molecule has 0 radical (unpaired) electrons. The smallest absolute Gasteiger partial charge is 0.268 e. The number of nitrogens with zero attached hydrogens (tertiary/aromatic N) is 3. The Morgan fingerprint density at radius 3 is 2.11 bits per heavy atom. The Kier molecular flexibility index (Phi) is 3.96. The molecule has 1 aromatic carbocycles. The third-order valence-corrected chi connectivity index (χ3v) is 6.56. The van der Waals surface area contributed by atoms with E-state index in [1.54, 1.807) is 36.5 Å². The first-order valence-corrected chi connectivity index (χ1v) is 10.2. The molecule has 0 atom stereocenters. The minimum absolute atomic E-state index is 0.268. The van der Waals surface area contributed by atoms with Gasteiger partial charge in [0.15, 0.2) is 0 Å². The van der Waals surface area contributed by atoms with Crippen molar-refractivity contribution in [2.45, 2.75) is 32.6 Å². The molecule has 4 aromatic rings. The van der Waals surface area contributed by atoms with Crippen molar-refractivity contribution < 1.29 is 8.42 Å². The second kappa shape index (κ2) is 6.09. The van der Waals surface area contributed by atoms with E-state index in [0.29, 0.717) is 11.0 Å². The van der Waals surface area contributed by atoms with Crippen LogP contribution in [0.4, 0.5) is 0 Å². The van der Waals surface area contributed by atoms with E-state index in [4.69, 9.17) is 4.98 Å². The lowest BCUT2D eigenvalue weighted by Crippen LogP contribution is -2.12. The second-order valence-corrected chi connectivity index (χ2v) is 8.73. The molecule has 5 nitrogen and oxygen atoms in total. The van der Waals surface area contributed by atoms with Gasteiger partial charge < -0.3 is 4.57 Å². The number of hydrogen-bond donors (Lipinski definition) is 0. The molecule has 0 fully saturated rings. The van der Waals surface area contributed by atoms with Crippen LogP contribution in [0, 0.1) is 27.7 Å². The number of aromatic nitrogens is 3. The van der Waals surface area contributed by atoms with E-state index in [1.165, 1.54) is 3.97 Å². The highest BCUT2D eigenvalue weighted by Gasteiger charge is 2.20. The molecule has 138 valence electrons. The molecule has 3 aromatic heterocycles. The van der Waals surface area contributed by atoms with Gasteiger partial charge in [-0.1, -0.05) is 17.7 Å². The van der Waals surface area contributed by atoms with Crippen molar-refractivity contribution in [3.8, 4) is 5.82 Å². The van der Waals surface area contributed by atoms with Gasteiger partial charge in [-0.3, -0.25) is 0 Å². The van der Waals surface area contributed by atoms with Crippen LogP contribution >= 0.6 is 0 Å². The van der Waals surface area contributed by atoms with Crippen LogP contribution in [-0.4, -0.2) is 21.9 Å². The van der Waals surface area contributed by atoms with Gasteiger partial charge in [-0.05, 0) is 69.7 Å². The predicted octanol–water partition coefficient (Wildman–Crippen LogP) is 4.30. The normalized spacial score (nSPS) is 12.0. The van der Waals surface area contributed by atoms with Gasteiger partial charge in [0.2, 0.25) is 0 Å². The summed E-state index contributed by atoms with van der Waals surface area (Å²) in [5.74, 6) is 0.827. The molecule has 3 heterocycles. The largest absolute Gasteiger partial charge is 0.303 e. The molecule has 0 N–H and O–H groups in total. The summed E-state index contributed by atoms with van der Waals surface area (Å²) in [6.45, 7) is 7.95. The van der Waals surface area contributed by atoms with Crippen molar-refractivity contribution in [1.29, 1.82) is 0 Å². The van der Waals surface area contributed by atoms with Crippen LogP contribution in [0.1, 0.15) is 22.5 Å². The molecule has 0 saturated heterocycles. The average Bonchev–Trinajstić information content (AvgIpc) is 3.18. The van der Waals surface area contributed by atoms with Gasteiger partial charge in [-0.25, -0.2) is 17.4 Å². The van der Waals surface area contributed by atoms with E-state index in [0.717, 1.165) is 28.3 Å². The van der Waals surface area contributed by atoms with Crippen LogP contribution < -0.4 is 0 Å². The quantitative estimate of drug-likeness (QED) is 0.533. The predicted molar refractivity (Wildman–Crippen MR) is 107 cm³/mol. The molecule has 0 bridgehead atoms. The first kappa shape index (κ1) is 17.5. The highest BCUT2D eigenvalue weighted by Crippen LogP contribution is 2.26. The topological polar surface area (TPSA) is 56.9 Å². The van der Waals surface area contributed by atoms with Gasteiger partial charge in [0.25, 0.3) is 10.0 Å². The fraction of sp³-hybridized carbons (Fsp3) is 0.190. The van der Waals surface area contributed by atoms with Gasteiger partial charge in [0.1, 0.15) is 5.82 Å². The van der Waals surface area contributed by atoms with Crippen molar-refractivity contribution in [2.75, 3.05) is 0 Å². The average molecular weight is 379 g/mol. The molecule has 0 aliphatic heterocycles. The fourth-order valence-electron chi connectivity index (χ4n) is 3.38. The summed E-state index contributed by atoms with van der Waals surface area (Å²) in [5.41, 5.74) is 5.36. The summed E-state index contributed by atoms with van der Waals surface area (Å²) in [5, 5.41) is 0. The number of benzene rings is 1. The second-order valence-electron chi connectivity index (χ2n) is 6.91. The summed E-state index contributed by atoms with van der Waals surface area (Å²) in [6, 6.07) is 14.6. The molecule has 4 rings (SSSR count). The van der Waals surface area contributed by atoms with Gasteiger partial charge in [-0.15, -0.1) is 0 Å². The maximum Gasteiger partial charge on any atom is 0.268 e. The summed E-state index contributed by atoms with van der Waals surface area (Å²) in [4.78, 5) is 5.03. The lowest BCUT2D eigenvalue weighted by Gasteiger charge is -2.13. The van der Waals surface area contributed by atoms with Gasteiger partial charge in [-0.2, -0.15) is 0 Å². The molecule has 27 heavy (non-hydrogen) atoms. The van der Waals surface area contributed by atoms with Crippen molar-refractivity contribution >= 4 is 21.1 Å². The number of fused-ring (bicyclic) bond motifs is 1. The van der Waals surface area contributed by atoms with Gasteiger partial charge in [0.05, 0.1) is 15.9 Å². The van der Waals surface area contributed by atoms with Crippen molar-refractivity contribution in [1.82, 2.24) is 13.5 Å². The Balaban J connectivity index is 1.90. The maximum atomic E-state index is 13.1. The van der Waals surface area contributed by atoms with Crippen LogP contribution in [0.25, 0.3) is 16.9 Å². The van der Waals surface area contributed by atoms with E-state index < -0.39 is 10.0 Å². The molecular weight excluding hydrogens is 358 g/mol. The van der Waals surface area contributed by atoms with Gasteiger partial charge in [0, 0.05) is 17.6 Å². The van der Waals surface area contributed by atoms with Crippen LogP contribution in [0.15, 0.2) is 59.6 Å². The highest BCUT2D eigenvalue weighted by molar-refractivity contribution is 7.90. The van der Waals surface area contributed by atoms with Crippen molar-refractivity contribution in [2.24, 2.45) is 0 Å². The van der Waals surface area contributed by atoms with Gasteiger partial charge >= 0.3 is 0 Å². The van der Waals surface area contributed by atoms with Crippen molar-refractivity contribution in [3.63, 3.8) is 0 Å². The number of aryl methyl sites for hydroxylation is 4. The van der Waals surface area contributed by atoms with E-state index in [2.05, 4.69) is 4.57 Å². The number of hydrogen-bond acceptors (Lipinski definition) is 3. The lowest BCUT2D eigenvalue weighted by molar-refractivity contribution is 0.589. The Hall–Kier alpha value is -2.86. The lowest BCUT2D eigenvalue weighted by atomic mass is 10.2. The molecule has 0 amide bonds. The van der Waals surface area contributed by atoms with E-state index in [1.807, 2.05) is 45.9 Å². The number of rotatable bonds is 3. The molecule has 6 heteroatoms. The standard InChI is InChI=1S/C21H21N3O2S/c1-14-5-9-18(10-6-14)27(25,26)23-12-11-19-20(23)13-15(2)21(22-19)24-16(3)7-8-17(24)4/h5-13H,1-4H3. The van der Waals surface area contributed by atoms with Crippen molar-refractivity contribution in [3.05, 3.63) is 77.2 Å². The molecule has 0 spiro atoms. The summed E-state index contributed by atoms with van der Waals surface area (Å²) in [6.07, 6.45) is 1.57. The zero-order chi connectivity index (χ0) is 19.3. The van der Waals surface area contributed by atoms with E-state index >= 15 is 0 Å². The zero-order valence-electron chi connectivity index (χ0n) is 15.8. The summed E-state index contributed by atoms with van der Waals surface area (Å²) in [7, 11) is -3.67. The zero-order valence-corrected chi connectivity index (χ0v) is 16.6. The fourth-order valence-corrected chi connectivity index (χ4v) is 4.72. The summed E-state index contributed by atoms with van der Waals surface area (Å²) >= 11 is 0. The van der Waals surface area contributed by atoms with E-state index in [-0.39, 0.29) is 4.90 Å². The highest BCUT2D eigenvalue weighted by atomic mass is 32.2. The Morgan fingerprint density at radius 2 is 1.48 bits per heavy atom. The van der Waals surface area contributed by atoms with E-state index in [9.17, 15) is 8.42 Å². The van der Waals surface area contributed by atoms with Crippen LogP contribution in [0.5, 0.6) is 0 Å².